The first-order valence-electron chi connectivity index (χ1n) is 6.38. The first-order valence-corrected chi connectivity index (χ1v) is 6.38. The van der Waals surface area contributed by atoms with Gasteiger partial charge in [0.15, 0.2) is 0 Å². The molecule has 0 aromatic carbocycles. The van der Waals surface area contributed by atoms with Gasteiger partial charge in [-0.25, -0.2) is 8.78 Å². The quantitative estimate of drug-likeness (QED) is 0.796. The van der Waals surface area contributed by atoms with E-state index in [-0.39, 0.29) is 17.6 Å². The van der Waals surface area contributed by atoms with Crippen LogP contribution in [0.2, 0.25) is 0 Å². The molecule has 0 radical (unpaired) electrons. The van der Waals surface area contributed by atoms with Gasteiger partial charge in [-0.05, 0) is 24.5 Å². The molecule has 1 heterocycles. The first-order chi connectivity index (χ1) is 8.93. The standard InChI is InChI=1S/C13H21F2N3O/c1-9(2)6-10(7-16)17-13(19)11-4-3-5-18(11)8-12(14)15/h3-5,9-10,12H,6-8,16H2,1-2H3,(H,17,19). The van der Waals surface area contributed by atoms with Crippen LogP contribution in [0.1, 0.15) is 30.8 Å². The molecule has 4 nitrogen and oxygen atoms in total. The van der Waals surface area contributed by atoms with Crippen LogP contribution in [0.15, 0.2) is 18.3 Å². The summed E-state index contributed by atoms with van der Waals surface area (Å²) in [5.74, 6) is 0.0449. The minimum absolute atomic E-state index is 0.137. The van der Waals surface area contributed by atoms with Crippen molar-refractivity contribution in [2.75, 3.05) is 6.54 Å². The maximum absolute atomic E-state index is 12.4. The van der Waals surface area contributed by atoms with E-state index in [0.717, 1.165) is 6.42 Å². The largest absolute Gasteiger partial charge is 0.347 e. The van der Waals surface area contributed by atoms with Crippen LogP contribution >= 0.6 is 0 Å². The third-order valence-corrected chi connectivity index (χ3v) is 2.77. The van der Waals surface area contributed by atoms with Gasteiger partial charge in [-0.15, -0.1) is 0 Å². The number of nitrogens with two attached hydrogens (primary N) is 1. The minimum atomic E-state index is -2.49. The van der Waals surface area contributed by atoms with Gasteiger partial charge in [-0.1, -0.05) is 13.8 Å². The zero-order valence-electron chi connectivity index (χ0n) is 11.3. The Labute approximate surface area is 112 Å². The molecule has 0 aliphatic heterocycles. The molecule has 19 heavy (non-hydrogen) atoms. The lowest BCUT2D eigenvalue weighted by molar-refractivity contribution is 0.0911. The zero-order valence-corrected chi connectivity index (χ0v) is 11.3. The highest BCUT2D eigenvalue weighted by Gasteiger charge is 2.17. The summed E-state index contributed by atoms with van der Waals surface area (Å²) < 4.78 is 26.0. The van der Waals surface area contributed by atoms with E-state index in [2.05, 4.69) is 5.32 Å². The van der Waals surface area contributed by atoms with Gasteiger partial charge in [0, 0.05) is 18.8 Å². The normalized spacial score (nSPS) is 13.0. The van der Waals surface area contributed by atoms with Crippen molar-refractivity contribution >= 4 is 5.91 Å². The van der Waals surface area contributed by atoms with Gasteiger partial charge in [0.05, 0.1) is 6.54 Å². The number of amides is 1. The fourth-order valence-corrected chi connectivity index (χ4v) is 1.97. The van der Waals surface area contributed by atoms with E-state index < -0.39 is 13.0 Å². The monoisotopic (exact) mass is 273 g/mol. The molecular formula is C13H21F2N3O. The molecule has 1 amide bonds. The molecule has 1 atom stereocenters. The fraction of sp³-hybridized carbons (Fsp3) is 0.615. The van der Waals surface area contributed by atoms with Gasteiger partial charge < -0.3 is 15.6 Å². The molecule has 0 aliphatic rings. The highest BCUT2D eigenvalue weighted by molar-refractivity contribution is 5.92. The molecule has 1 aromatic rings. The molecule has 0 saturated heterocycles. The molecule has 0 spiro atoms. The summed E-state index contributed by atoms with van der Waals surface area (Å²) in [5.41, 5.74) is 5.84. The minimum Gasteiger partial charge on any atom is -0.347 e. The Balaban J connectivity index is 2.69. The number of nitrogens with zero attached hydrogens (tertiary/aromatic N) is 1. The number of carbonyl (C=O) groups is 1. The second-order valence-electron chi connectivity index (χ2n) is 4.97. The number of halogens is 2. The Morgan fingerprint density at radius 3 is 2.68 bits per heavy atom. The van der Waals surface area contributed by atoms with Crippen LogP contribution in [0.5, 0.6) is 0 Å². The SMILES string of the molecule is CC(C)CC(CN)NC(=O)c1cccn1CC(F)F. The predicted molar refractivity (Wildman–Crippen MR) is 70.2 cm³/mol. The van der Waals surface area contributed by atoms with Crippen molar-refractivity contribution in [3.63, 3.8) is 0 Å². The molecule has 1 rings (SSSR count). The highest BCUT2D eigenvalue weighted by Crippen LogP contribution is 2.08. The summed E-state index contributed by atoms with van der Waals surface area (Å²) >= 11 is 0. The van der Waals surface area contributed by atoms with Crippen molar-refractivity contribution in [3.05, 3.63) is 24.0 Å². The molecule has 3 N–H and O–H groups in total. The summed E-state index contributed by atoms with van der Waals surface area (Å²) in [5, 5.41) is 2.78. The number of nitrogens with one attached hydrogen (secondary N) is 1. The molecule has 0 aliphatic carbocycles. The van der Waals surface area contributed by atoms with Gasteiger partial charge in [0.1, 0.15) is 5.69 Å². The number of rotatable bonds is 7. The van der Waals surface area contributed by atoms with Crippen LogP contribution in [0.4, 0.5) is 8.78 Å². The van der Waals surface area contributed by atoms with Crippen molar-refractivity contribution in [1.82, 2.24) is 9.88 Å². The summed E-state index contributed by atoms with van der Waals surface area (Å²) in [4.78, 5) is 12.0. The Morgan fingerprint density at radius 2 is 2.16 bits per heavy atom. The topological polar surface area (TPSA) is 60.0 Å². The summed E-state index contributed by atoms with van der Waals surface area (Å²) in [6.07, 6.45) is -0.251. The second-order valence-corrected chi connectivity index (χ2v) is 4.97. The Morgan fingerprint density at radius 1 is 1.47 bits per heavy atom. The van der Waals surface area contributed by atoms with E-state index in [1.807, 2.05) is 13.8 Å². The molecule has 0 saturated carbocycles. The third kappa shape index (κ3) is 4.98. The lowest BCUT2D eigenvalue weighted by Crippen LogP contribution is -2.41. The Kier molecular flexibility index (Phi) is 5.95. The lowest BCUT2D eigenvalue weighted by Gasteiger charge is -2.19. The van der Waals surface area contributed by atoms with Gasteiger partial charge in [0.2, 0.25) is 0 Å². The number of carbonyl (C=O) groups excluding carboxylic acids is 1. The van der Waals surface area contributed by atoms with Crippen molar-refractivity contribution in [3.8, 4) is 0 Å². The summed E-state index contributed by atoms with van der Waals surface area (Å²) in [6.45, 7) is 3.93. The summed E-state index contributed by atoms with van der Waals surface area (Å²) in [7, 11) is 0. The molecule has 0 fully saturated rings. The smallest absolute Gasteiger partial charge is 0.268 e. The average Bonchev–Trinajstić information content (AvgIpc) is 2.74. The molecule has 0 bridgehead atoms. The van der Waals surface area contributed by atoms with Crippen LogP contribution in [0, 0.1) is 5.92 Å². The van der Waals surface area contributed by atoms with Crippen molar-refractivity contribution in [2.45, 2.75) is 39.3 Å². The molecule has 6 heteroatoms. The number of hydrogen-bond donors (Lipinski definition) is 2. The van der Waals surface area contributed by atoms with E-state index in [4.69, 9.17) is 5.73 Å². The number of alkyl halides is 2. The maximum Gasteiger partial charge on any atom is 0.268 e. The van der Waals surface area contributed by atoms with Gasteiger partial charge in [0.25, 0.3) is 12.3 Å². The molecule has 1 aromatic heterocycles. The lowest BCUT2D eigenvalue weighted by atomic mass is 10.0. The predicted octanol–water partition coefficient (Wildman–Crippen LogP) is 1.86. The Hall–Kier alpha value is -1.43. The first kappa shape index (κ1) is 15.6. The van der Waals surface area contributed by atoms with E-state index in [1.165, 1.54) is 16.8 Å². The highest BCUT2D eigenvalue weighted by atomic mass is 19.3. The summed E-state index contributed by atoms with van der Waals surface area (Å²) in [6, 6.07) is 2.97. The Bertz CT molecular complexity index is 404. The second kappa shape index (κ2) is 7.23. The molecule has 1 unspecified atom stereocenters. The van der Waals surface area contributed by atoms with Crippen LogP contribution in [0.25, 0.3) is 0 Å². The van der Waals surface area contributed by atoms with E-state index in [9.17, 15) is 13.6 Å². The van der Waals surface area contributed by atoms with Gasteiger partial charge in [-0.3, -0.25) is 4.79 Å². The number of hydrogen-bond acceptors (Lipinski definition) is 2. The molecular weight excluding hydrogens is 252 g/mol. The van der Waals surface area contributed by atoms with E-state index >= 15 is 0 Å². The van der Waals surface area contributed by atoms with E-state index in [1.54, 1.807) is 6.07 Å². The van der Waals surface area contributed by atoms with Crippen molar-refractivity contribution in [2.24, 2.45) is 11.7 Å². The van der Waals surface area contributed by atoms with Crippen molar-refractivity contribution < 1.29 is 13.6 Å². The van der Waals surface area contributed by atoms with Crippen LogP contribution in [-0.2, 0) is 6.54 Å². The number of aromatic nitrogens is 1. The van der Waals surface area contributed by atoms with E-state index in [0.29, 0.717) is 12.5 Å². The van der Waals surface area contributed by atoms with Gasteiger partial charge >= 0.3 is 0 Å². The van der Waals surface area contributed by atoms with Crippen molar-refractivity contribution in [1.29, 1.82) is 0 Å². The van der Waals surface area contributed by atoms with Crippen LogP contribution in [-0.4, -0.2) is 29.5 Å². The van der Waals surface area contributed by atoms with Crippen LogP contribution < -0.4 is 11.1 Å². The average molecular weight is 273 g/mol. The third-order valence-electron chi connectivity index (χ3n) is 2.77. The maximum atomic E-state index is 12.4. The van der Waals surface area contributed by atoms with Crippen LogP contribution in [0.3, 0.4) is 0 Å². The zero-order chi connectivity index (χ0) is 14.4. The fourth-order valence-electron chi connectivity index (χ4n) is 1.97. The van der Waals surface area contributed by atoms with Gasteiger partial charge in [-0.2, -0.15) is 0 Å². The molecule has 108 valence electrons.